The summed E-state index contributed by atoms with van der Waals surface area (Å²) in [7, 11) is 1.58. The van der Waals surface area contributed by atoms with Gasteiger partial charge in [-0.1, -0.05) is 17.7 Å². The number of carbonyl (C=O) groups is 1. The highest BCUT2D eigenvalue weighted by Crippen LogP contribution is 2.32. The summed E-state index contributed by atoms with van der Waals surface area (Å²) in [5.74, 6) is 1.95. The molecule has 12 nitrogen and oxygen atoms in total. The predicted molar refractivity (Wildman–Crippen MR) is 148 cm³/mol. The van der Waals surface area contributed by atoms with Crippen molar-refractivity contribution >= 4 is 50.9 Å². The number of fused-ring (bicyclic) bond motifs is 3. The molecule has 0 saturated carbocycles. The lowest BCUT2D eigenvalue weighted by Gasteiger charge is -2.13. The van der Waals surface area contributed by atoms with Gasteiger partial charge in [0.05, 0.1) is 29.9 Å². The first-order chi connectivity index (χ1) is 19.1. The van der Waals surface area contributed by atoms with Crippen LogP contribution in [0.1, 0.15) is 18.9 Å². The molecule has 5 heterocycles. The topological polar surface area (TPSA) is 137 Å². The Labute approximate surface area is 228 Å². The molecule has 1 aliphatic heterocycles. The summed E-state index contributed by atoms with van der Waals surface area (Å²) in [4.78, 5) is 21.5. The Kier molecular flexibility index (Phi) is 6.45. The van der Waals surface area contributed by atoms with Gasteiger partial charge in [-0.2, -0.15) is 5.10 Å². The second-order valence-corrected chi connectivity index (χ2v) is 9.34. The van der Waals surface area contributed by atoms with Crippen LogP contribution in [-0.2, 0) is 17.9 Å². The monoisotopic (exact) mass is 544 g/mol. The largest absolute Gasteiger partial charge is 0.495 e. The van der Waals surface area contributed by atoms with Crippen molar-refractivity contribution in [3.63, 3.8) is 0 Å². The molecule has 6 rings (SSSR count). The molecule has 0 atom stereocenters. The number of nitrogens with zero attached hydrogens (tertiary/aromatic N) is 7. The van der Waals surface area contributed by atoms with E-state index in [0.717, 1.165) is 33.9 Å². The maximum atomic E-state index is 12.5. The highest BCUT2D eigenvalue weighted by Gasteiger charge is 2.19. The molecule has 3 N–H and O–H groups in total. The molecule has 0 fully saturated rings. The van der Waals surface area contributed by atoms with Gasteiger partial charge in [-0.25, -0.2) is 14.6 Å². The molecule has 4 aromatic heterocycles. The van der Waals surface area contributed by atoms with E-state index < -0.39 is 0 Å². The van der Waals surface area contributed by atoms with Crippen LogP contribution in [0.15, 0.2) is 54.9 Å². The van der Waals surface area contributed by atoms with Gasteiger partial charge in [0.25, 0.3) is 5.91 Å². The highest BCUT2D eigenvalue weighted by atomic mass is 35.5. The summed E-state index contributed by atoms with van der Waals surface area (Å²) >= 11 is 6.32. The summed E-state index contributed by atoms with van der Waals surface area (Å²) in [5.41, 5.74) is 2.39. The predicted octanol–water partition coefficient (Wildman–Crippen LogP) is 3.67. The van der Waals surface area contributed by atoms with Gasteiger partial charge < -0.3 is 20.7 Å². The average Bonchev–Trinajstić information content (AvgIpc) is 3.73. The number of nitrogens with one attached hydrogen (secondary N) is 3. The van der Waals surface area contributed by atoms with Crippen molar-refractivity contribution in [2.24, 2.45) is 0 Å². The quantitative estimate of drug-likeness (QED) is 0.267. The number of amides is 1. The molecular weight excluding hydrogens is 520 g/mol. The van der Waals surface area contributed by atoms with Crippen molar-refractivity contribution in [1.29, 1.82) is 0 Å². The zero-order valence-electron chi connectivity index (χ0n) is 21.3. The van der Waals surface area contributed by atoms with Crippen LogP contribution < -0.4 is 20.7 Å². The van der Waals surface area contributed by atoms with Crippen LogP contribution >= 0.6 is 11.6 Å². The van der Waals surface area contributed by atoms with Crippen LogP contribution in [0.5, 0.6) is 5.75 Å². The maximum Gasteiger partial charge on any atom is 0.254 e. The minimum absolute atomic E-state index is 0.185. The fourth-order valence-electron chi connectivity index (χ4n) is 4.56. The van der Waals surface area contributed by atoms with Gasteiger partial charge in [-0.3, -0.25) is 9.36 Å². The number of ether oxygens (including phenoxy) is 1. The lowest BCUT2D eigenvalue weighted by atomic mass is 10.1. The summed E-state index contributed by atoms with van der Waals surface area (Å²) in [6.07, 6.45) is 9.25. The number of aryl methyl sites for hydroxylation is 1. The standard InChI is InChI=1S/C26H25ClN10O2/c1-3-37-24-18(12-32-37)22-17(11-30-24)25(36-13-21(31-14-36)33-26(38)16-6-7-28-10-16)35-34-23(22)29-9-15-4-5-20(39-2)19(27)8-15/h4-5,8,10-14,28H,3,6-7,9H2,1-2H3,(H,29,34)(H,33,38). The van der Waals surface area contributed by atoms with E-state index in [1.165, 1.54) is 0 Å². The van der Waals surface area contributed by atoms with Crippen molar-refractivity contribution < 1.29 is 9.53 Å². The third-order valence-electron chi connectivity index (χ3n) is 6.54. The third kappa shape index (κ3) is 4.59. The van der Waals surface area contributed by atoms with Gasteiger partial charge >= 0.3 is 0 Å². The summed E-state index contributed by atoms with van der Waals surface area (Å²) in [6, 6.07) is 5.62. The minimum Gasteiger partial charge on any atom is -0.495 e. The number of benzene rings is 1. The first-order valence-corrected chi connectivity index (χ1v) is 12.8. The van der Waals surface area contributed by atoms with Gasteiger partial charge in [0.15, 0.2) is 23.1 Å². The number of aromatic nitrogens is 7. The number of hydrogen-bond acceptors (Lipinski definition) is 9. The van der Waals surface area contributed by atoms with E-state index in [2.05, 4.69) is 41.2 Å². The van der Waals surface area contributed by atoms with Crippen LogP contribution in [0, 0.1) is 0 Å². The van der Waals surface area contributed by atoms with Gasteiger partial charge in [0, 0.05) is 48.4 Å². The number of imidazole rings is 1. The summed E-state index contributed by atoms with van der Waals surface area (Å²) < 4.78 is 8.81. The zero-order chi connectivity index (χ0) is 26.9. The molecule has 5 aromatic rings. The van der Waals surface area contributed by atoms with Gasteiger partial charge in [-0.05, 0) is 31.0 Å². The zero-order valence-corrected chi connectivity index (χ0v) is 22.0. The van der Waals surface area contributed by atoms with E-state index in [-0.39, 0.29) is 5.91 Å². The number of carbonyl (C=O) groups excluding carboxylic acids is 1. The summed E-state index contributed by atoms with van der Waals surface area (Å²) in [6.45, 7) is 3.91. The second kappa shape index (κ2) is 10.2. The molecular formula is C26H25ClN10O2. The molecule has 0 radical (unpaired) electrons. The number of anilines is 2. The Hall–Kier alpha value is -4.71. The Morgan fingerprint density at radius 3 is 2.87 bits per heavy atom. The van der Waals surface area contributed by atoms with E-state index in [1.54, 1.807) is 42.8 Å². The highest BCUT2D eigenvalue weighted by molar-refractivity contribution is 6.32. The molecule has 1 amide bonds. The smallest absolute Gasteiger partial charge is 0.254 e. The van der Waals surface area contributed by atoms with Crippen molar-refractivity contribution in [3.8, 4) is 11.6 Å². The number of pyridine rings is 1. The Bertz CT molecular complexity index is 1740. The van der Waals surface area contributed by atoms with E-state index in [4.69, 9.17) is 16.3 Å². The van der Waals surface area contributed by atoms with Crippen LogP contribution in [0.4, 0.5) is 11.6 Å². The maximum absolute atomic E-state index is 12.5. The van der Waals surface area contributed by atoms with E-state index in [0.29, 0.717) is 53.3 Å². The third-order valence-corrected chi connectivity index (χ3v) is 6.84. The molecule has 0 bridgehead atoms. The molecule has 1 aromatic carbocycles. The van der Waals surface area contributed by atoms with Crippen molar-refractivity contribution in [3.05, 3.63) is 65.5 Å². The molecule has 0 aliphatic carbocycles. The Balaban J connectivity index is 1.38. The van der Waals surface area contributed by atoms with Crippen molar-refractivity contribution in [1.82, 2.24) is 39.8 Å². The van der Waals surface area contributed by atoms with Crippen molar-refractivity contribution in [2.45, 2.75) is 26.4 Å². The molecule has 0 saturated heterocycles. The van der Waals surface area contributed by atoms with E-state index >= 15 is 0 Å². The molecule has 198 valence electrons. The second-order valence-electron chi connectivity index (χ2n) is 8.93. The molecule has 13 heteroatoms. The molecule has 1 aliphatic rings. The lowest BCUT2D eigenvalue weighted by molar-refractivity contribution is -0.112. The van der Waals surface area contributed by atoms with Crippen LogP contribution in [-0.4, -0.2) is 54.1 Å². The fraction of sp³-hybridized carbons (Fsp3) is 0.231. The van der Waals surface area contributed by atoms with Gasteiger partial charge in [0.1, 0.15) is 12.1 Å². The van der Waals surface area contributed by atoms with Crippen LogP contribution in [0.25, 0.3) is 27.6 Å². The lowest BCUT2D eigenvalue weighted by Crippen LogP contribution is -2.13. The number of methoxy groups -OCH3 is 1. The average molecular weight is 545 g/mol. The first-order valence-electron chi connectivity index (χ1n) is 12.4. The molecule has 39 heavy (non-hydrogen) atoms. The van der Waals surface area contributed by atoms with E-state index in [9.17, 15) is 4.79 Å². The van der Waals surface area contributed by atoms with Crippen LogP contribution in [0.3, 0.4) is 0 Å². The molecule has 0 unspecified atom stereocenters. The van der Waals surface area contributed by atoms with E-state index in [1.807, 2.05) is 29.8 Å². The van der Waals surface area contributed by atoms with Gasteiger partial charge in [0.2, 0.25) is 0 Å². The SMILES string of the molecule is CCn1ncc2c3c(NCc4ccc(OC)c(Cl)c4)nnc(-n4cnc(NC(=O)C5=CNCC5)c4)c3cnc21. The minimum atomic E-state index is -0.185. The Morgan fingerprint density at radius 2 is 2.10 bits per heavy atom. The Morgan fingerprint density at radius 1 is 1.21 bits per heavy atom. The summed E-state index contributed by atoms with van der Waals surface area (Å²) in [5, 5.41) is 25.8. The molecule has 0 spiro atoms. The number of rotatable bonds is 8. The van der Waals surface area contributed by atoms with Crippen LogP contribution in [0.2, 0.25) is 5.02 Å². The number of halogens is 1. The number of hydrogen-bond donors (Lipinski definition) is 3. The van der Waals surface area contributed by atoms with Crippen molar-refractivity contribution in [2.75, 3.05) is 24.3 Å². The van der Waals surface area contributed by atoms with Gasteiger partial charge in [-0.15, -0.1) is 10.2 Å². The fourth-order valence-corrected chi connectivity index (χ4v) is 4.84. The first kappa shape index (κ1) is 24.6. The normalized spacial score (nSPS) is 12.9.